The third-order valence-electron chi connectivity index (χ3n) is 1.80. The fourth-order valence-electron chi connectivity index (χ4n) is 0.893. The summed E-state index contributed by atoms with van der Waals surface area (Å²) < 4.78 is 1.74. The van der Waals surface area contributed by atoms with Gasteiger partial charge in [-0.1, -0.05) is 0 Å². The Morgan fingerprint density at radius 2 is 2.36 bits per heavy atom. The second-order valence-corrected chi connectivity index (χ2v) is 3.76. The first kappa shape index (κ1) is 10.7. The van der Waals surface area contributed by atoms with Crippen molar-refractivity contribution in [1.82, 2.24) is 9.78 Å². The Morgan fingerprint density at radius 3 is 2.79 bits per heavy atom. The lowest BCUT2D eigenvalue weighted by Crippen LogP contribution is -2.45. The van der Waals surface area contributed by atoms with Gasteiger partial charge in [-0.05, 0) is 20.8 Å². The number of anilines is 1. The summed E-state index contributed by atoms with van der Waals surface area (Å²) >= 11 is 0. The lowest BCUT2D eigenvalue weighted by atomic mass is 10.1. The highest BCUT2D eigenvalue weighted by molar-refractivity contribution is 5.97. The van der Waals surface area contributed by atoms with Crippen LogP contribution >= 0.6 is 0 Å². The minimum atomic E-state index is -0.867. The third kappa shape index (κ3) is 2.56. The number of hydrogen-bond donors (Lipinski definition) is 2. The summed E-state index contributed by atoms with van der Waals surface area (Å²) in [7, 11) is 0. The quantitative estimate of drug-likeness (QED) is 0.742. The van der Waals surface area contributed by atoms with E-state index in [1.54, 1.807) is 30.9 Å². The molecule has 1 rings (SSSR count). The number of amides is 1. The number of hydrogen-bond acceptors (Lipinski definition) is 3. The number of carbonyl (C=O) groups excluding carboxylic acids is 1. The Morgan fingerprint density at radius 1 is 1.71 bits per heavy atom. The van der Waals surface area contributed by atoms with Crippen LogP contribution in [-0.4, -0.2) is 21.2 Å². The molecule has 1 aromatic heterocycles. The average molecular weight is 196 g/mol. The van der Waals surface area contributed by atoms with Crippen LogP contribution in [0.1, 0.15) is 20.8 Å². The third-order valence-corrected chi connectivity index (χ3v) is 1.80. The van der Waals surface area contributed by atoms with Crippen LogP contribution in [0.4, 0.5) is 5.69 Å². The van der Waals surface area contributed by atoms with Crippen molar-refractivity contribution in [2.75, 3.05) is 5.32 Å². The minimum absolute atomic E-state index is 0.215. The molecule has 0 radical (unpaired) electrons. The maximum atomic E-state index is 11.5. The Labute approximate surface area is 83.3 Å². The van der Waals surface area contributed by atoms with Gasteiger partial charge in [0, 0.05) is 12.7 Å². The van der Waals surface area contributed by atoms with Gasteiger partial charge in [0.2, 0.25) is 5.91 Å². The van der Waals surface area contributed by atoms with Crippen LogP contribution in [0.15, 0.2) is 12.4 Å². The summed E-state index contributed by atoms with van der Waals surface area (Å²) in [5, 5.41) is 6.72. The smallest absolute Gasteiger partial charge is 0.243 e. The van der Waals surface area contributed by atoms with Gasteiger partial charge in [-0.15, -0.1) is 0 Å². The predicted molar refractivity (Wildman–Crippen MR) is 54.8 cm³/mol. The summed E-state index contributed by atoms with van der Waals surface area (Å²) in [5.41, 5.74) is 5.44. The van der Waals surface area contributed by atoms with Gasteiger partial charge in [0.15, 0.2) is 0 Å². The van der Waals surface area contributed by atoms with Gasteiger partial charge in [0.25, 0.3) is 0 Å². The maximum Gasteiger partial charge on any atom is 0.243 e. The zero-order valence-electron chi connectivity index (χ0n) is 8.74. The number of aromatic nitrogens is 2. The molecule has 3 N–H and O–H groups in total. The van der Waals surface area contributed by atoms with E-state index in [2.05, 4.69) is 10.4 Å². The number of carbonyl (C=O) groups is 1. The van der Waals surface area contributed by atoms with E-state index in [0.29, 0.717) is 5.69 Å². The molecule has 0 unspecified atom stereocenters. The highest BCUT2D eigenvalue weighted by Gasteiger charge is 2.21. The van der Waals surface area contributed by atoms with Crippen LogP contribution in [-0.2, 0) is 11.3 Å². The first-order valence-electron chi connectivity index (χ1n) is 4.56. The predicted octanol–water partition coefficient (Wildman–Crippen LogP) is 0.579. The number of nitrogens with two attached hydrogens (primary N) is 1. The molecule has 5 nitrogen and oxygen atoms in total. The molecule has 0 spiro atoms. The summed E-state index contributed by atoms with van der Waals surface area (Å²) in [5.74, 6) is -0.215. The van der Waals surface area contributed by atoms with Crippen molar-refractivity contribution in [2.45, 2.75) is 32.9 Å². The Balaban J connectivity index is 2.65. The maximum absolute atomic E-state index is 11.5. The van der Waals surface area contributed by atoms with Crippen LogP contribution in [0, 0.1) is 0 Å². The number of nitrogens with one attached hydrogen (secondary N) is 1. The molecular formula is C9H16N4O. The Kier molecular flexibility index (Phi) is 2.90. The molecule has 0 saturated carbocycles. The van der Waals surface area contributed by atoms with Gasteiger partial charge < -0.3 is 11.1 Å². The molecule has 0 aliphatic rings. The summed E-state index contributed by atoms with van der Waals surface area (Å²) in [4.78, 5) is 11.5. The fourth-order valence-corrected chi connectivity index (χ4v) is 0.893. The van der Waals surface area contributed by atoms with E-state index in [9.17, 15) is 4.79 Å². The average Bonchev–Trinajstić information content (AvgIpc) is 2.50. The molecule has 0 bridgehead atoms. The first-order valence-corrected chi connectivity index (χ1v) is 4.56. The van der Waals surface area contributed by atoms with Gasteiger partial charge in [-0.2, -0.15) is 5.10 Å². The van der Waals surface area contributed by atoms with E-state index in [1.807, 2.05) is 6.92 Å². The van der Waals surface area contributed by atoms with E-state index in [1.165, 1.54) is 0 Å². The van der Waals surface area contributed by atoms with Crippen LogP contribution in [0.3, 0.4) is 0 Å². The van der Waals surface area contributed by atoms with E-state index < -0.39 is 5.54 Å². The summed E-state index contributed by atoms with van der Waals surface area (Å²) in [6, 6.07) is 0. The van der Waals surface area contributed by atoms with Crippen LogP contribution in [0.25, 0.3) is 0 Å². The zero-order chi connectivity index (χ0) is 10.8. The topological polar surface area (TPSA) is 72.9 Å². The molecule has 0 saturated heterocycles. The number of nitrogens with zero attached hydrogens (tertiary/aromatic N) is 2. The Bertz CT molecular complexity index is 324. The van der Waals surface area contributed by atoms with E-state index >= 15 is 0 Å². The van der Waals surface area contributed by atoms with Crippen molar-refractivity contribution in [1.29, 1.82) is 0 Å². The molecule has 14 heavy (non-hydrogen) atoms. The molecule has 5 heteroatoms. The van der Waals surface area contributed by atoms with Crippen molar-refractivity contribution in [2.24, 2.45) is 5.73 Å². The van der Waals surface area contributed by atoms with Crippen molar-refractivity contribution >= 4 is 11.6 Å². The van der Waals surface area contributed by atoms with Crippen molar-refractivity contribution in [3.63, 3.8) is 0 Å². The molecule has 0 aliphatic heterocycles. The first-order chi connectivity index (χ1) is 6.43. The molecule has 1 aromatic rings. The van der Waals surface area contributed by atoms with Gasteiger partial charge in [-0.25, -0.2) is 0 Å². The molecular weight excluding hydrogens is 180 g/mol. The zero-order valence-corrected chi connectivity index (χ0v) is 8.74. The van der Waals surface area contributed by atoms with E-state index in [0.717, 1.165) is 6.54 Å². The highest BCUT2D eigenvalue weighted by Crippen LogP contribution is 2.07. The van der Waals surface area contributed by atoms with E-state index in [-0.39, 0.29) is 5.91 Å². The molecule has 1 amide bonds. The molecule has 0 atom stereocenters. The summed E-state index contributed by atoms with van der Waals surface area (Å²) in [6.07, 6.45) is 3.37. The molecule has 0 aromatic carbocycles. The molecule has 0 aliphatic carbocycles. The van der Waals surface area contributed by atoms with Crippen molar-refractivity contribution < 1.29 is 4.79 Å². The van der Waals surface area contributed by atoms with E-state index in [4.69, 9.17) is 5.73 Å². The largest absolute Gasteiger partial charge is 0.322 e. The molecule has 1 heterocycles. The SMILES string of the molecule is CCn1cc(NC(=O)C(C)(C)N)cn1. The molecule has 0 fully saturated rings. The monoisotopic (exact) mass is 196 g/mol. The fraction of sp³-hybridized carbons (Fsp3) is 0.556. The van der Waals surface area contributed by atoms with Crippen molar-refractivity contribution in [3.05, 3.63) is 12.4 Å². The normalized spacial score (nSPS) is 11.4. The second kappa shape index (κ2) is 3.79. The molecule has 78 valence electrons. The van der Waals surface area contributed by atoms with Crippen LogP contribution in [0.5, 0.6) is 0 Å². The van der Waals surface area contributed by atoms with Crippen LogP contribution < -0.4 is 11.1 Å². The highest BCUT2D eigenvalue weighted by atomic mass is 16.2. The minimum Gasteiger partial charge on any atom is -0.322 e. The Hall–Kier alpha value is -1.36. The number of rotatable bonds is 3. The summed E-state index contributed by atoms with van der Waals surface area (Å²) in [6.45, 7) is 6.08. The lowest BCUT2D eigenvalue weighted by molar-refractivity contribution is -0.120. The number of aryl methyl sites for hydroxylation is 1. The van der Waals surface area contributed by atoms with Gasteiger partial charge in [-0.3, -0.25) is 9.48 Å². The van der Waals surface area contributed by atoms with Gasteiger partial charge >= 0.3 is 0 Å². The lowest BCUT2D eigenvalue weighted by Gasteiger charge is -2.16. The second-order valence-electron chi connectivity index (χ2n) is 3.76. The van der Waals surface area contributed by atoms with Crippen LogP contribution in [0.2, 0.25) is 0 Å². The van der Waals surface area contributed by atoms with Gasteiger partial charge in [0.1, 0.15) is 0 Å². The van der Waals surface area contributed by atoms with Gasteiger partial charge in [0.05, 0.1) is 17.4 Å². The standard InChI is InChI=1S/C9H16N4O/c1-4-13-6-7(5-11-13)12-8(14)9(2,3)10/h5-6H,4,10H2,1-3H3,(H,12,14). The van der Waals surface area contributed by atoms with Crippen molar-refractivity contribution in [3.8, 4) is 0 Å².